The summed E-state index contributed by atoms with van der Waals surface area (Å²) in [6.45, 7) is 0. The molecule has 0 saturated heterocycles. The fraction of sp³-hybridized carbons (Fsp3) is 0.125. The number of carbonyl (C=O) groups is 1. The molecule has 2 nitrogen and oxygen atoms in total. The Kier molecular flexibility index (Phi) is 4.51. The zero-order valence-electron chi connectivity index (χ0n) is 6.78. The molecule has 76 valence electrons. The van der Waals surface area contributed by atoms with Crippen molar-refractivity contribution in [2.45, 2.75) is 0 Å². The Morgan fingerprint density at radius 3 is 2.21 bits per heavy atom. The van der Waals surface area contributed by atoms with Crippen LogP contribution in [-0.4, -0.2) is 11.2 Å². The highest BCUT2D eigenvalue weighted by Crippen LogP contribution is 2.33. The lowest BCUT2D eigenvalue weighted by molar-refractivity contribution is -0.113. The highest BCUT2D eigenvalue weighted by molar-refractivity contribution is 9.09. The SMILES string of the molecule is O=C(CBr)Nc1c(Cl)cc(Cl)cc1Cl. The Morgan fingerprint density at radius 2 is 1.79 bits per heavy atom. The van der Waals surface area contributed by atoms with Gasteiger partial charge in [0.1, 0.15) is 0 Å². The van der Waals surface area contributed by atoms with Gasteiger partial charge in [0, 0.05) is 5.02 Å². The third-order valence-electron chi connectivity index (χ3n) is 1.39. The lowest BCUT2D eigenvalue weighted by atomic mass is 10.3. The number of nitrogens with one attached hydrogen (secondary N) is 1. The molecule has 6 heteroatoms. The van der Waals surface area contributed by atoms with Gasteiger partial charge in [-0.25, -0.2) is 0 Å². The predicted molar refractivity (Wildman–Crippen MR) is 63.9 cm³/mol. The van der Waals surface area contributed by atoms with E-state index in [4.69, 9.17) is 34.8 Å². The van der Waals surface area contributed by atoms with Gasteiger partial charge in [-0.3, -0.25) is 4.79 Å². The van der Waals surface area contributed by atoms with Crippen LogP contribution in [0, 0.1) is 0 Å². The molecule has 1 rings (SSSR count). The summed E-state index contributed by atoms with van der Waals surface area (Å²) in [5, 5.41) is 3.79. The van der Waals surface area contributed by atoms with E-state index in [2.05, 4.69) is 21.2 Å². The van der Waals surface area contributed by atoms with E-state index in [0.29, 0.717) is 20.8 Å². The van der Waals surface area contributed by atoms with E-state index in [-0.39, 0.29) is 11.2 Å². The van der Waals surface area contributed by atoms with Crippen LogP contribution in [-0.2, 0) is 4.79 Å². The minimum absolute atomic E-state index is 0.183. The zero-order valence-corrected chi connectivity index (χ0v) is 10.6. The van der Waals surface area contributed by atoms with Gasteiger partial charge in [-0.1, -0.05) is 50.7 Å². The van der Waals surface area contributed by atoms with Crippen molar-refractivity contribution in [2.24, 2.45) is 0 Å². The van der Waals surface area contributed by atoms with Gasteiger partial charge >= 0.3 is 0 Å². The van der Waals surface area contributed by atoms with E-state index < -0.39 is 0 Å². The monoisotopic (exact) mass is 315 g/mol. The van der Waals surface area contributed by atoms with Gasteiger partial charge in [0.25, 0.3) is 0 Å². The molecule has 1 N–H and O–H groups in total. The molecule has 0 aromatic heterocycles. The molecule has 0 aliphatic rings. The van der Waals surface area contributed by atoms with Crippen LogP contribution < -0.4 is 5.32 Å². The summed E-state index contributed by atoms with van der Waals surface area (Å²) in [5.41, 5.74) is 0.377. The molecule has 1 aromatic rings. The van der Waals surface area contributed by atoms with E-state index >= 15 is 0 Å². The molecule has 1 amide bonds. The van der Waals surface area contributed by atoms with E-state index in [1.165, 1.54) is 12.1 Å². The fourth-order valence-corrected chi connectivity index (χ4v) is 1.89. The molecule has 0 aliphatic heterocycles. The molecule has 0 heterocycles. The number of anilines is 1. The number of carbonyl (C=O) groups excluding carboxylic acids is 1. The maximum absolute atomic E-state index is 11.1. The number of amides is 1. The molecule has 0 spiro atoms. The van der Waals surface area contributed by atoms with Crippen molar-refractivity contribution in [3.8, 4) is 0 Å². The van der Waals surface area contributed by atoms with Gasteiger partial charge in [-0.15, -0.1) is 0 Å². The quantitative estimate of drug-likeness (QED) is 0.821. The molecule has 0 bridgehead atoms. The normalized spacial score (nSPS) is 10.0. The van der Waals surface area contributed by atoms with E-state index in [9.17, 15) is 4.79 Å². The van der Waals surface area contributed by atoms with Crippen LogP contribution >= 0.6 is 50.7 Å². The maximum Gasteiger partial charge on any atom is 0.235 e. The number of hydrogen-bond donors (Lipinski definition) is 1. The van der Waals surface area contributed by atoms with Crippen molar-refractivity contribution in [2.75, 3.05) is 10.6 Å². The molecule has 14 heavy (non-hydrogen) atoms. The third kappa shape index (κ3) is 3.02. The van der Waals surface area contributed by atoms with Crippen LogP contribution in [0.3, 0.4) is 0 Å². The number of benzene rings is 1. The van der Waals surface area contributed by atoms with Gasteiger partial charge in [0.15, 0.2) is 0 Å². The van der Waals surface area contributed by atoms with E-state index in [1.807, 2.05) is 0 Å². The van der Waals surface area contributed by atoms with Crippen LogP contribution in [0.4, 0.5) is 5.69 Å². The van der Waals surface area contributed by atoms with Crippen LogP contribution in [0.5, 0.6) is 0 Å². The van der Waals surface area contributed by atoms with E-state index in [0.717, 1.165) is 0 Å². The largest absolute Gasteiger partial charge is 0.323 e. The van der Waals surface area contributed by atoms with Gasteiger partial charge in [-0.05, 0) is 12.1 Å². The highest BCUT2D eigenvalue weighted by atomic mass is 79.9. The average Bonchev–Trinajstić information content (AvgIpc) is 2.10. The second-order valence-corrected chi connectivity index (χ2v) is 4.24. The first-order valence-corrected chi connectivity index (χ1v) is 5.80. The molecule has 0 saturated carbocycles. The minimum Gasteiger partial charge on any atom is -0.323 e. The highest BCUT2D eigenvalue weighted by Gasteiger charge is 2.09. The van der Waals surface area contributed by atoms with Gasteiger partial charge in [-0.2, -0.15) is 0 Å². The summed E-state index contributed by atoms with van der Waals surface area (Å²) in [5.74, 6) is -0.226. The van der Waals surface area contributed by atoms with Crippen molar-refractivity contribution in [1.29, 1.82) is 0 Å². The average molecular weight is 317 g/mol. The summed E-state index contributed by atoms with van der Waals surface area (Å²) < 4.78 is 0. The summed E-state index contributed by atoms with van der Waals surface area (Å²) in [6, 6.07) is 3.03. The first kappa shape index (κ1) is 12.1. The molecule has 0 radical (unpaired) electrons. The first-order valence-electron chi connectivity index (χ1n) is 3.55. The second-order valence-electron chi connectivity index (χ2n) is 2.43. The van der Waals surface area contributed by atoms with Crippen LogP contribution in [0.1, 0.15) is 0 Å². The topological polar surface area (TPSA) is 29.1 Å². The number of rotatable bonds is 2. The molecular weight excluding hydrogens is 312 g/mol. The van der Waals surface area contributed by atoms with Crippen LogP contribution in [0.25, 0.3) is 0 Å². The molecule has 0 atom stereocenters. The van der Waals surface area contributed by atoms with Crippen LogP contribution in [0.15, 0.2) is 12.1 Å². The Labute approximate surface area is 105 Å². The Hall–Kier alpha value is 0.0400. The van der Waals surface area contributed by atoms with Gasteiger partial charge in [0.05, 0.1) is 21.1 Å². The lowest BCUT2D eigenvalue weighted by Gasteiger charge is -2.08. The number of halogens is 4. The third-order valence-corrected chi connectivity index (χ3v) is 2.72. The summed E-state index contributed by atoms with van der Waals surface area (Å²) >= 11 is 20.4. The smallest absolute Gasteiger partial charge is 0.235 e. The molecule has 0 fully saturated rings. The number of hydrogen-bond acceptors (Lipinski definition) is 1. The van der Waals surface area contributed by atoms with Crippen LogP contribution in [0.2, 0.25) is 15.1 Å². The van der Waals surface area contributed by atoms with Gasteiger partial charge < -0.3 is 5.32 Å². The molecule has 0 unspecified atom stereocenters. The van der Waals surface area contributed by atoms with E-state index in [1.54, 1.807) is 0 Å². The fourth-order valence-electron chi connectivity index (χ4n) is 0.834. The van der Waals surface area contributed by atoms with Crippen molar-refractivity contribution < 1.29 is 4.79 Å². The molecule has 0 aliphatic carbocycles. The maximum atomic E-state index is 11.1. The molecule has 1 aromatic carbocycles. The predicted octanol–water partition coefficient (Wildman–Crippen LogP) is 3.98. The standard InChI is InChI=1S/C8H5BrCl3NO/c9-3-7(14)13-8-5(11)1-4(10)2-6(8)12/h1-2H,3H2,(H,13,14). The van der Waals surface area contributed by atoms with Crippen molar-refractivity contribution in [1.82, 2.24) is 0 Å². The lowest BCUT2D eigenvalue weighted by Crippen LogP contribution is -2.12. The number of alkyl halides is 1. The Balaban J connectivity index is 3.02. The second kappa shape index (κ2) is 5.21. The summed E-state index contributed by atoms with van der Waals surface area (Å²) in [4.78, 5) is 11.1. The van der Waals surface area contributed by atoms with Crippen molar-refractivity contribution in [3.05, 3.63) is 27.2 Å². The minimum atomic E-state index is -0.226. The summed E-state index contributed by atoms with van der Waals surface area (Å²) in [7, 11) is 0. The summed E-state index contributed by atoms with van der Waals surface area (Å²) in [6.07, 6.45) is 0. The van der Waals surface area contributed by atoms with Gasteiger partial charge in [0.2, 0.25) is 5.91 Å². The first-order chi connectivity index (χ1) is 6.54. The van der Waals surface area contributed by atoms with Crippen molar-refractivity contribution >= 4 is 62.3 Å². The molecular formula is C8H5BrCl3NO. The Morgan fingerprint density at radius 1 is 1.29 bits per heavy atom. The van der Waals surface area contributed by atoms with Crippen molar-refractivity contribution in [3.63, 3.8) is 0 Å². The Bertz CT molecular complexity index is 347. The zero-order chi connectivity index (χ0) is 10.7.